The molecule has 88 valence electrons. The van der Waals surface area contributed by atoms with Crippen LogP contribution in [0, 0.1) is 25.7 Å². The van der Waals surface area contributed by atoms with Gasteiger partial charge in [0.05, 0.1) is 0 Å². The number of aryl methyl sites for hydroxylation is 2. The predicted molar refractivity (Wildman–Crippen MR) is 70.7 cm³/mol. The van der Waals surface area contributed by atoms with Gasteiger partial charge in [-0.1, -0.05) is 38.0 Å². The molecule has 0 atom stereocenters. The van der Waals surface area contributed by atoms with Crippen LogP contribution in [0.2, 0.25) is 0 Å². The molecular weight excluding hydrogens is 192 g/mol. The summed E-state index contributed by atoms with van der Waals surface area (Å²) >= 11 is 0. The van der Waals surface area contributed by atoms with Crippen molar-refractivity contribution in [3.8, 4) is 0 Å². The lowest BCUT2D eigenvalue weighted by atomic mass is 9.80. The van der Waals surface area contributed by atoms with E-state index >= 15 is 0 Å². The Hall–Kier alpha value is -0.780. The molecule has 1 fully saturated rings. The van der Waals surface area contributed by atoms with Gasteiger partial charge in [-0.3, -0.25) is 0 Å². The number of hydrogen-bond donors (Lipinski definition) is 0. The van der Waals surface area contributed by atoms with Gasteiger partial charge in [-0.05, 0) is 61.6 Å². The minimum absolute atomic E-state index is 0.943. The summed E-state index contributed by atoms with van der Waals surface area (Å²) in [4.78, 5) is 0. The van der Waals surface area contributed by atoms with Crippen molar-refractivity contribution in [2.75, 3.05) is 0 Å². The first-order valence-corrected chi connectivity index (χ1v) is 6.71. The molecule has 0 aliphatic heterocycles. The van der Waals surface area contributed by atoms with E-state index in [2.05, 4.69) is 39.0 Å². The summed E-state index contributed by atoms with van der Waals surface area (Å²) in [5.74, 6) is 1.91. The van der Waals surface area contributed by atoms with E-state index in [0.717, 1.165) is 11.8 Å². The SMILES string of the molecule is Cc1ccc(CC2CCC(C)CC2)cc1C. The first kappa shape index (κ1) is 11.7. The highest BCUT2D eigenvalue weighted by molar-refractivity contribution is 5.30. The molecule has 0 nitrogen and oxygen atoms in total. The fourth-order valence-corrected chi connectivity index (χ4v) is 2.80. The Kier molecular flexibility index (Phi) is 3.68. The van der Waals surface area contributed by atoms with Crippen molar-refractivity contribution in [3.05, 3.63) is 34.9 Å². The zero-order valence-corrected chi connectivity index (χ0v) is 10.9. The molecule has 0 saturated heterocycles. The molecule has 1 aliphatic rings. The van der Waals surface area contributed by atoms with E-state index in [-0.39, 0.29) is 0 Å². The van der Waals surface area contributed by atoms with E-state index in [1.807, 2.05) is 0 Å². The van der Waals surface area contributed by atoms with Gasteiger partial charge < -0.3 is 0 Å². The fraction of sp³-hybridized carbons (Fsp3) is 0.625. The maximum atomic E-state index is 2.40. The van der Waals surface area contributed by atoms with Gasteiger partial charge in [0.15, 0.2) is 0 Å². The molecule has 16 heavy (non-hydrogen) atoms. The Bertz CT molecular complexity index is 343. The van der Waals surface area contributed by atoms with Crippen molar-refractivity contribution in [2.24, 2.45) is 11.8 Å². The van der Waals surface area contributed by atoms with Crippen molar-refractivity contribution in [2.45, 2.75) is 52.9 Å². The molecule has 0 unspecified atom stereocenters. The topological polar surface area (TPSA) is 0 Å². The quantitative estimate of drug-likeness (QED) is 0.674. The van der Waals surface area contributed by atoms with E-state index in [4.69, 9.17) is 0 Å². The van der Waals surface area contributed by atoms with Gasteiger partial charge in [0, 0.05) is 0 Å². The van der Waals surface area contributed by atoms with E-state index in [0.29, 0.717) is 0 Å². The molecule has 0 amide bonds. The summed E-state index contributed by atoms with van der Waals surface area (Å²) in [5.41, 5.74) is 4.41. The standard InChI is InChI=1S/C16H24/c1-12-4-7-15(8-5-12)11-16-9-6-13(2)14(3)10-16/h6,9-10,12,15H,4-5,7-8,11H2,1-3H3. The minimum atomic E-state index is 0.943. The summed E-state index contributed by atoms with van der Waals surface area (Å²) in [7, 11) is 0. The van der Waals surface area contributed by atoms with Crippen molar-refractivity contribution in [1.82, 2.24) is 0 Å². The highest BCUT2D eigenvalue weighted by Gasteiger charge is 2.18. The predicted octanol–water partition coefficient (Wildman–Crippen LogP) is 4.67. The summed E-state index contributed by atoms with van der Waals surface area (Å²) in [5, 5.41) is 0. The molecule has 1 aromatic rings. The summed E-state index contributed by atoms with van der Waals surface area (Å²) < 4.78 is 0. The molecule has 1 saturated carbocycles. The molecule has 0 N–H and O–H groups in total. The molecule has 0 radical (unpaired) electrons. The molecule has 0 bridgehead atoms. The first-order valence-electron chi connectivity index (χ1n) is 6.71. The van der Waals surface area contributed by atoms with Crippen LogP contribution in [0.4, 0.5) is 0 Å². The largest absolute Gasteiger partial charge is 0.0625 e. The second-order valence-electron chi connectivity index (χ2n) is 5.75. The van der Waals surface area contributed by atoms with Crippen molar-refractivity contribution < 1.29 is 0 Å². The Balaban J connectivity index is 1.96. The number of hydrogen-bond acceptors (Lipinski definition) is 0. The van der Waals surface area contributed by atoms with E-state index < -0.39 is 0 Å². The van der Waals surface area contributed by atoms with E-state index in [9.17, 15) is 0 Å². The van der Waals surface area contributed by atoms with Crippen LogP contribution >= 0.6 is 0 Å². The number of benzene rings is 1. The summed E-state index contributed by atoms with van der Waals surface area (Å²) in [6.45, 7) is 6.81. The van der Waals surface area contributed by atoms with Crippen LogP contribution in [0.15, 0.2) is 18.2 Å². The second-order valence-corrected chi connectivity index (χ2v) is 5.75. The highest BCUT2D eigenvalue weighted by Crippen LogP contribution is 2.30. The van der Waals surface area contributed by atoms with E-state index in [1.54, 1.807) is 5.56 Å². The lowest BCUT2D eigenvalue weighted by molar-refractivity contribution is 0.289. The van der Waals surface area contributed by atoms with Gasteiger partial charge in [0.25, 0.3) is 0 Å². The van der Waals surface area contributed by atoms with Crippen LogP contribution in [0.5, 0.6) is 0 Å². The van der Waals surface area contributed by atoms with Crippen molar-refractivity contribution in [1.29, 1.82) is 0 Å². The first-order chi connectivity index (χ1) is 7.65. The Morgan fingerprint density at radius 3 is 2.31 bits per heavy atom. The smallest absolute Gasteiger partial charge is 0.0250 e. The van der Waals surface area contributed by atoms with E-state index in [1.165, 1.54) is 43.2 Å². The average molecular weight is 216 g/mol. The molecule has 1 aliphatic carbocycles. The Morgan fingerprint density at radius 2 is 1.69 bits per heavy atom. The zero-order chi connectivity index (χ0) is 11.5. The van der Waals surface area contributed by atoms with Crippen LogP contribution in [-0.2, 0) is 6.42 Å². The zero-order valence-electron chi connectivity index (χ0n) is 10.9. The summed E-state index contributed by atoms with van der Waals surface area (Å²) in [6, 6.07) is 6.98. The van der Waals surface area contributed by atoms with Gasteiger partial charge in [-0.2, -0.15) is 0 Å². The highest BCUT2D eigenvalue weighted by atomic mass is 14.2. The maximum absolute atomic E-state index is 2.40. The molecule has 0 spiro atoms. The summed E-state index contributed by atoms with van der Waals surface area (Å²) in [6.07, 6.45) is 7.06. The minimum Gasteiger partial charge on any atom is -0.0625 e. The monoisotopic (exact) mass is 216 g/mol. The molecule has 2 rings (SSSR count). The van der Waals surface area contributed by atoms with Crippen molar-refractivity contribution in [3.63, 3.8) is 0 Å². The second kappa shape index (κ2) is 5.03. The van der Waals surface area contributed by atoms with Crippen LogP contribution in [0.3, 0.4) is 0 Å². The van der Waals surface area contributed by atoms with Crippen LogP contribution < -0.4 is 0 Å². The average Bonchev–Trinajstić information content (AvgIpc) is 2.27. The molecular formula is C16H24. The van der Waals surface area contributed by atoms with Gasteiger partial charge in [0.2, 0.25) is 0 Å². The number of rotatable bonds is 2. The van der Waals surface area contributed by atoms with Gasteiger partial charge in [-0.15, -0.1) is 0 Å². The van der Waals surface area contributed by atoms with Crippen molar-refractivity contribution >= 4 is 0 Å². The molecule has 0 heteroatoms. The molecule has 1 aromatic carbocycles. The Morgan fingerprint density at radius 1 is 1.00 bits per heavy atom. The lowest BCUT2D eigenvalue weighted by Crippen LogP contribution is -2.14. The third kappa shape index (κ3) is 2.87. The molecule has 0 aromatic heterocycles. The van der Waals surface area contributed by atoms with Gasteiger partial charge in [0.1, 0.15) is 0 Å². The third-order valence-corrected chi connectivity index (χ3v) is 4.23. The lowest BCUT2D eigenvalue weighted by Gasteiger charge is -2.26. The van der Waals surface area contributed by atoms with Crippen LogP contribution in [0.25, 0.3) is 0 Å². The van der Waals surface area contributed by atoms with Gasteiger partial charge in [-0.25, -0.2) is 0 Å². The maximum Gasteiger partial charge on any atom is -0.0250 e. The normalized spacial score (nSPS) is 25.7. The fourth-order valence-electron chi connectivity index (χ4n) is 2.80. The Labute approximate surface area is 100 Å². The molecule has 0 heterocycles. The van der Waals surface area contributed by atoms with Gasteiger partial charge >= 0.3 is 0 Å². The third-order valence-electron chi connectivity index (χ3n) is 4.23. The van der Waals surface area contributed by atoms with Crippen LogP contribution in [-0.4, -0.2) is 0 Å². The van der Waals surface area contributed by atoms with Crippen LogP contribution in [0.1, 0.15) is 49.3 Å².